The number of ether oxygens (including phenoxy) is 1. The molecule has 0 aliphatic rings. The average molecular weight is 361 g/mol. The maximum absolute atomic E-state index is 12.5. The quantitative estimate of drug-likeness (QED) is 0.801. The Balaban J connectivity index is 2.03. The molecule has 0 saturated heterocycles. The number of nitrogens with one attached hydrogen (secondary N) is 2. The Hall–Kier alpha value is -2.53. The molecule has 0 saturated carbocycles. The van der Waals surface area contributed by atoms with Crippen LogP contribution in [-0.4, -0.2) is 18.9 Å². The molecule has 0 heterocycles. The van der Waals surface area contributed by atoms with Crippen LogP contribution in [0.2, 0.25) is 5.02 Å². The monoisotopic (exact) mass is 360 g/mol. The molecule has 0 spiro atoms. The van der Waals surface area contributed by atoms with Gasteiger partial charge in [0, 0.05) is 10.6 Å². The summed E-state index contributed by atoms with van der Waals surface area (Å²) in [5, 5.41) is 0.611. The molecule has 0 fully saturated rings. The SMILES string of the molecule is COc1ccc(C(=O)NNC(=O)[C@@H](c2ccc(Cl)cc2)C(C)C)cc1. The van der Waals surface area contributed by atoms with E-state index in [0.717, 1.165) is 5.56 Å². The highest BCUT2D eigenvalue weighted by Gasteiger charge is 2.24. The van der Waals surface area contributed by atoms with Crippen LogP contribution in [0.15, 0.2) is 48.5 Å². The van der Waals surface area contributed by atoms with E-state index in [0.29, 0.717) is 16.3 Å². The van der Waals surface area contributed by atoms with E-state index in [1.54, 1.807) is 43.5 Å². The summed E-state index contributed by atoms with van der Waals surface area (Å²) in [6, 6.07) is 13.7. The lowest BCUT2D eigenvalue weighted by molar-refractivity contribution is -0.124. The Bertz CT molecular complexity index is 727. The number of rotatable bonds is 5. The predicted octanol–water partition coefficient (Wildman–Crippen LogP) is 3.55. The minimum atomic E-state index is -0.395. The van der Waals surface area contributed by atoms with Crippen LogP contribution in [0.25, 0.3) is 0 Å². The van der Waals surface area contributed by atoms with Crippen molar-refractivity contribution in [2.75, 3.05) is 7.11 Å². The highest BCUT2D eigenvalue weighted by Crippen LogP contribution is 2.25. The van der Waals surface area contributed by atoms with Crippen molar-refractivity contribution in [3.05, 3.63) is 64.7 Å². The summed E-state index contributed by atoms with van der Waals surface area (Å²) < 4.78 is 5.05. The van der Waals surface area contributed by atoms with Gasteiger partial charge in [0.1, 0.15) is 5.75 Å². The van der Waals surface area contributed by atoms with E-state index in [1.807, 2.05) is 26.0 Å². The average Bonchev–Trinajstić information content (AvgIpc) is 2.61. The molecule has 6 heteroatoms. The molecule has 0 aliphatic heterocycles. The topological polar surface area (TPSA) is 67.4 Å². The molecule has 1 atom stereocenters. The van der Waals surface area contributed by atoms with Gasteiger partial charge in [0.05, 0.1) is 13.0 Å². The Morgan fingerprint density at radius 3 is 2.08 bits per heavy atom. The van der Waals surface area contributed by atoms with Gasteiger partial charge >= 0.3 is 0 Å². The number of carbonyl (C=O) groups excluding carboxylic acids is 2. The van der Waals surface area contributed by atoms with Gasteiger partial charge in [0.15, 0.2) is 0 Å². The van der Waals surface area contributed by atoms with E-state index in [-0.39, 0.29) is 11.8 Å². The van der Waals surface area contributed by atoms with E-state index in [9.17, 15) is 9.59 Å². The molecular formula is C19H21ClN2O3. The molecule has 0 unspecified atom stereocenters. The van der Waals surface area contributed by atoms with Crippen LogP contribution in [0, 0.1) is 5.92 Å². The highest BCUT2D eigenvalue weighted by atomic mass is 35.5. The molecule has 2 aromatic rings. The molecule has 0 radical (unpaired) electrons. The number of amides is 2. The normalized spacial score (nSPS) is 11.7. The maximum atomic E-state index is 12.5. The number of hydrazine groups is 1. The van der Waals surface area contributed by atoms with Crippen LogP contribution >= 0.6 is 11.6 Å². The summed E-state index contributed by atoms with van der Waals surface area (Å²) in [6.45, 7) is 3.90. The van der Waals surface area contributed by atoms with Crippen molar-refractivity contribution in [1.82, 2.24) is 10.9 Å². The fraction of sp³-hybridized carbons (Fsp3) is 0.263. The first-order chi connectivity index (χ1) is 11.9. The molecule has 2 amide bonds. The lowest BCUT2D eigenvalue weighted by Gasteiger charge is -2.21. The van der Waals surface area contributed by atoms with Crippen LogP contribution in [0.4, 0.5) is 0 Å². The Kier molecular flexibility index (Phi) is 6.42. The van der Waals surface area contributed by atoms with Gasteiger partial charge in [-0.2, -0.15) is 0 Å². The molecule has 25 heavy (non-hydrogen) atoms. The first kappa shape index (κ1) is 18.8. The standard InChI is InChI=1S/C19H21ClN2O3/c1-12(2)17(13-4-8-15(20)9-5-13)19(24)22-21-18(23)14-6-10-16(25-3)11-7-14/h4-12,17H,1-3H3,(H,21,23)(H,22,24)/t17-/m1/s1. The van der Waals surface area contributed by atoms with Crippen molar-refractivity contribution < 1.29 is 14.3 Å². The zero-order valence-electron chi connectivity index (χ0n) is 14.4. The van der Waals surface area contributed by atoms with Gasteiger partial charge in [-0.1, -0.05) is 37.6 Å². The van der Waals surface area contributed by atoms with Gasteiger partial charge in [0.2, 0.25) is 5.91 Å². The number of benzene rings is 2. The van der Waals surface area contributed by atoms with E-state index in [4.69, 9.17) is 16.3 Å². The minimum Gasteiger partial charge on any atom is -0.497 e. The molecule has 2 aromatic carbocycles. The third-order valence-electron chi connectivity index (χ3n) is 3.83. The van der Waals surface area contributed by atoms with E-state index < -0.39 is 11.8 Å². The minimum absolute atomic E-state index is 0.0547. The summed E-state index contributed by atoms with van der Waals surface area (Å²) in [6.07, 6.45) is 0. The summed E-state index contributed by atoms with van der Waals surface area (Å²) >= 11 is 5.90. The van der Waals surface area contributed by atoms with Gasteiger partial charge in [-0.15, -0.1) is 0 Å². The largest absolute Gasteiger partial charge is 0.497 e. The second-order valence-corrected chi connectivity index (χ2v) is 6.38. The number of hydrogen-bond donors (Lipinski definition) is 2. The maximum Gasteiger partial charge on any atom is 0.269 e. The molecule has 5 nitrogen and oxygen atoms in total. The summed E-state index contributed by atoms with van der Waals surface area (Å²) in [5.41, 5.74) is 6.22. The third kappa shape index (κ3) is 4.97. The zero-order chi connectivity index (χ0) is 18.4. The number of methoxy groups -OCH3 is 1. The van der Waals surface area contributed by atoms with Gasteiger partial charge in [-0.05, 0) is 47.9 Å². The number of halogens is 1. The first-order valence-electron chi connectivity index (χ1n) is 7.92. The Morgan fingerprint density at radius 2 is 1.56 bits per heavy atom. The number of carbonyl (C=O) groups is 2. The summed E-state index contributed by atoms with van der Waals surface area (Å²) in [7, 11) is 1.55. The van der Waals surface area contributed by atoms with E-state index in [2.05, 4.69) is 10.9 Å². The molecule has 2 rings (SSSR count). The van der Waals surface area contributed by atoms with Gasteiger partial charge in [-0.3, -0.25) is 20.4 Å². The van der Waals surface area contributed by atoms with Crippen LogP contribution in [-0.2, 0) is 4.79 Å². The summed E-state index contributed by atoms with van der Waals surface area (Å²) in [5.74, 6) is -0.357. The number of hydrogen-bond acceptors (Lipinski definition) is 3. The second-order valence-electron chi connectivity index (χ2n) is 5.95. The molecule has 0 aromatic heterocycles. The smallest absolute Gasteiger partial charge is 0.269 e. The second kappa shape index (κ2) is 8.53. The third-order valence-corrected chi connectivity index (χ3v) is 4.08. The molecular weight excluding hydrogens is 340 g/mol. The zero-order valence-corrected chi connectivity index (χ0v) is 15.1. The van der Waals surface area contributed by atoms with E-state index >= 15 is 0 Å². The van der Waals surface area contributed by atoms with Crippen molar-refractivity contribution in [2.45, 2.75) is 19.8 Å². The first-order valence-corrected chi connectivity index (χ1v) is 8.30. The Morgan fingerprint density at radius 1 is 0.960 bits per heavy atom. The van der Waals surface area contributed by atoms with Crippen molar-refractivity contribution >= 4 is 23.4 Å². The fourth-order valence-corrected chi connectivity index (χ4v) is 2.65. The molecule has 0 bridgehead atoms. The van der Waals surface area contributed by atoms with Crippen LogP contribution in [0.3, 0.4) is 0 Å². The van der Waals surface area contributed by atoms with Crippen molar-refractivity contribution in [3.63, 3.8) is 0 Å². The van der Waals surface area contributed by atoms with Gasteiger partial charge < -0.3 is 4.74 Å². The van der Waals surface area contributed by atoms with E-state index in [1.165, 1.54) is 0 Å². The predicted molar refractivity (Wildman–Crippen MR) is 97.6 cm³/mol. The summed E-state index contributed by atoms with van der Waals surface area (Å²) in [4.78, 5) is 24.7. The van der Waals surface area contributed by atoms with Crippen LogP contribution in [0.5, 0.6) is 5.75 Å². The lowest BCUT2D eigenvalue weighted by atomic mass is 9.88. The highest BCUT2D eigenvalue weighted by molar-refractivity contribution is 6.30. The molecule has 0 aliphatic carbocycles. The van der Waals surface area contributed by atoms with Crippen molar-refractivity contribution in [2.24, 2.45) is 5.92 Å². The van der Waals surface area contributed by atoms with Crippen LogP contribution < -0.4 is 15.6 Å². The fourth-order valence-electron chi connectivity index (χ4n) is 2.52. The van der Waals surface area contributed by atoms with Crippen LogP contribution in [0.1, 0.15) is 35.7 Å². The van der Waals surface area contributed by atoms with Crippen molar-refractivity contribution in [3.8, 4) is 5.75 Å². The van der Waals surface area contributed by atoms with Gasteiger partial charge in [-0.25, -0.2) is 0 Å². The molecule has 132 valence electrons. The van der Waals surface area contributed by atoms with Crippen molar-refractivity contribution in [1.29, 1.82) is 0 Å². The lowest BCUT2D eigenvalue weighted by Crippen LogP contribution is -2.44. The van der Waals surface area contributed by atoms with Gasteiger partial charge in [0.25, 0.3) is 5.91 Å². The molecule has 2 N–H and O–H groups in total. The Labute approximate surface area is 152 Å².